The molecule has 1 saturated carbocycles. The van der Waals surface area contributed by atoms with Crippen LogP contribution in [-0.2, 0) is 0 Å². The Labute approximate surface area is 151 Å². The number of hydrogen-bond donors (Lipinski definition) is 2. The first-order valence-electron chi connectivity index (χ1n) is 8.96. The van der Waals surface area contributed by atoms with Gasteiger partial charge in [0.1, 0.15) is 0 Å². The second-order valence-corrected chi connectivity index (χ2v) is 7.63. The van der Waals surface area contributed by atoms with Crippen molar-refractivity contribution in [2.75, 3.05) is 23.3 Å². The lowest BCUT2D eigenvalue weighted by atomic mass is 9.91. The third kappa shape index (κ3) is 4.73. The molecule has 2 aliphatic rings. The van der Waals surface area contributed by atoms with Gasteiger partial charge in [0.15, 0.2) is 0 Å². The van der Waals surface area contributed by atoms with Crippen LogP contribution in [0, 0.1) is 5.92 Å². The Balaban J connectivity index is 1.59. The zero-order valence-corrected chi connectivity index (χ0v) is 14.9. The Morgan fingerprint density at radius 3 is 2.24 bits per heavy atom. The lowest BCUT2D eigenvalue weighted by Crippen LogP contribution is -2.39. The maximum absolute atomic E-state index is 12.8. The molecule has 0 aromatic heterocycles. The van der Waals surface area contributed by atoms with E-state index in [1.165, 1.54) is 0 Å². The summed E-state index contributed by atoms with van der Waals surface area (Å²) in [5, 5.41) is 4.08. The Bertz CT molecular complexity index is 577. The van der Waals surface area contributed by atoms with E-state index in [0.29, 0.717) is 30.2 Å². The van der Waals surface area contributed by atoms with Gasteiger partial charge < -0.3 is 16.0 Å². The number of benzene rings is 1. The van der Waals surface area contributed by atoms with Crippen LogP contribution in [0.15, 0.2) is 18.2 Å². The Morgan fingerprint density at radius 1 is 1.04 bits per heavy atom. The van der Waals surface area contributed by atoms with Gasteiger partial charge in [-0.3, -0.25) is 0 Å². The average Bonchev–Trinajstić information content (AvgIpc) is 2.56. The maximum Gasteiger partial charge on any atom is 0.391 e. The lowest BCUT2D eigenvalue weighted by molar-refractivity contribution is -0.179. The summed E-state index contributed by atoms with van der Waals surface area (Å²) in [4.78, 5) is 1.95. The zero-order chi connectivity index (χ0) is 18.0. The summed E-state index contributed by atoms with van der Waals surface area (Å²) >= 11 is 6.41. The summed E-state index contributed by atoms with van der Waals surface area (Å²) < 4.78 is 38.4. The van der Waals surface area contributed by atoms with Gasteiger partial charge in [0, 0.05) is 30.9 Å². The van der Waals surface area contributed by atoms with Crippen LogP contribution in [-0.4, -0.2) is 31.3 Å². The molecule has 1 saturated heterocycles. The normalized spacial score (nSPS) is 25.9. The highest BCUT2D eigenvalue weighted by Gasteiger charge is 2.41. The van der Waals surface area contributed by atoms with Crippen molar-refractivity contribution in [1.29, 1.82) is 0 Å². The fraction of sp³-hybridized carbons (Fsp3) is 0.667. The van der Waals surface area contributed by atoms with Crippen molar-refractivity contribution in [1.82, 2.24) is 0 Å². The standard InChI is InChI=1S/C18H25ClF3N3/c19-16-11-15(24-14-3-1-13(23)2-4-14)5-6-17(16)25-9-7-12(8-10-25)18(20,21)22/h5-6,11-14,24H,1-4,7-10,23H2. The number of piperidine rings is 1. The van der Waals surface area contributed by atoms with Gasteiger partial charge in [-0.05, 0) is 56.7 Å². The quantitative estimate of drug-likeness (QED) is 0.797. The monoisotopic (exact) mass is 375 g/mol. The molecule has 3 N–H and O–H groups in total. The first-order valence-corrected chi connectivity index (χ1v) is 9.34. The zero-order valence-electron chi connectivity index (χ0n) is 14.2. The van der Waals surface area contributed by atoms with E-state index in [4.69, 9.17) is 17.3 Å². The highest BCUT2D eigenvalue weighted by atomic mass is 35.5. The second-order valence-electron chi connectivity index (χ2n) is 7.23. The molecule has 0 bridgehead atoms. The smallest absolute Gasteiger partial charge is 0.382 e. The van der Waals surface area contributed by atoms with Gasteiger partial charge in [-0.25, -0.2) is 0 Å². The molecule has 1 aromatic rings. The molecular weight excluding hydrogens is 351 g/mol. The number of anilines is 2. The van der Waals surface area contributed by atoms with Crippen LogP contribution in [0.25, 0.3) is 0 Å². The van der Waals surface area contributed by atoms with E-state index in [9.17, 15) is 13.2 Å². The molecule has 1 aromatic carbocycles. The van der Waals surface area contributed by atoms with Gasteiger partial charge in [0.2, 0.25) is 0 Å². The van der Waals surface area contributed by atoms with Crippen molar-refractivity contribution in [2.45, 2.75) is 56.8 Å². The number of halogens is 4. The Morgan fingerprint density at radius 2 is 1.68 bits per heavy atom. The van der Waals surface area contributed by atoms with Crippen molar-refractivity contribution in [3.05, 3.63) is 23.2 Å². The van der Waals surface area contributed by atoms with E-state index in [0.717, 1.165) is 37.1 Å². The third-order valence-corrected chi connectivity index (χ3v) is 5.69. The lowest BCUT2D eigenvalue weighted by Gasteiger charge is -2.35. The first-order chi connectivity index (χ1) is 11.8. The first kappa shape index (κ1) is 18.6. The van der Waals surface area contributed by atoms with Gasteiger partial charge >= 0.3 is 6.18 Å². The van der Waals surface area contributed by atoms with E-state index in [-0.39, 0.29) is 12.8 Å². The largest absolute Gasteiger partial charge is 0.391 e. The molecule has 1 aliphatic carbocycles. The molecule has 3 nitrogen and oxygen atoms in total. The summed E-state index contributed by atoms with van der Waals surface area (Å²) in [6.45, 7) is 0.772. The Hall–Kier alpha value is -1.14. The second kappa shape index (κ2) is 7.62. The minimum absolute atomic E-state index is 0.127. The molecule has 1 heterocycles. The highest BCUT2D eigenvalue weighted by molar-refractivity contribution is 6.33. The summed E-state index contributed by atoms with van der Waals surface area (Å²) in [7, 11) is 0. The van der Waals surface area contributed by atoms with E-state index >= 15 is 0 Å². The molecule has 140 valence electrons. The Kier molecular flexibility index (Phi) is 5.68. The molecule has 1 aliphatic heterocycles. The molecule has 7 heteroatoms. The van der Waals surface area contributed by atoms with Crippen LogP contribution in [0.1, 0.15) is 38.5 Å². The molecule has 25 heavy (non-hydrogen) atoms. The number of hydrogen-bond acceptors (Lipinski definition) is 3. The van der Waals surface area contributed by atoms with E-state index in [1.807, 2.05) is 23.1 Å². The van der Waals surface area contributed by atoms with Crippen LogP contribution in [0.5, 0.6) is 0 Å². The van der Waals surface area contributed by atoms with Crippen molar-refractivity contribution in [3.63, 3.8) is 0 Å². The number of rotatable bonds is 3. The van der Waals surface area contributed by atoms with Crippen molar-refractivity contribution in [2.24, 2.45) is 11.7 Å². The summed E-state index contributed by atoms with van der Waals surface area (Å²) in [5.74, 6) is -1.19. The van der Waals surface area contributed by atoms with E-state index in [1.54, 1.807) is 0 Å². The van der Waals surface area contributed by atoms with Gasteiger partial charge in [-0.1, -0.05) is 11.6 Å². The van der Waals surface area contributed by atoms with Crippen LogP contribution in [0.2, 0.25) is 5.02 Å². The molecule has 0 spiro atoms. The molecule has 0 unspecified atom stereocenters. The van der Waals surface area contributed by atoms with Crippen molar-refractivity contribution in [3.8, 4) is 0 Å². The highest BCUT2D eigenvalue weighted by Crippen LogP contribution is 2.37. The molecule has 0 radical (unpaired) electrons. The third-order valence-electron chi connectivity index (χ3n) is 5.39. The van der Waals surface area contributed by atoms with Gasteiger partial charge in [0.05, 0.1) is 16.6 Å². The summed E-state index contributed by atoms with van der Waals surface area (Å²) in [5.41, 5.74) is 7.70. The van der Waals surface area contributed by atoms with Gasteiger partial charge in [-0.15, -0.1) is 0 Å². The van der Waals surface area contributed by atoms with Crippen molar-refractivity contribution >= 4 is 23.0 Å². The fourth-order valence-electron chi connectivity index (χ4n) is 3.80. The minimum Gasteiger partial charge on any atom is -0.382 e. The molecule has 0 atom stereocenters. The number of nitrogens with one attached hydrogen (secondary N) is 1. The number of alkyl halides is 3. The minimum atomic E-state index is -4.09. The van der Waals surface area contributed by atoms with Crippen LogP contribution >= 0.6 is 11.6 Å². The molecule has 0 amide bonds. The van der Waals surface area contributed by atoms with Gasteiger partial charge in [-0.2, -0.15) is 13.2 Å². The van der Waals surface area contributed by atoms with Crippen LogP contribution < -0.4 is 16.0 Å². The predicted octanol–water partition coefficient (Wildman–Crippen LogP) is 4.80. The summed E-state index contributed by atoms with van der Waals surface area (Å²) in [6, 6.07) is 6.47. The van der Waals surface area contributed by atoms with Crippen LogP contribution in [0.4, 0.5) is 24.5 Å². The number of nitrogens with zero attached hydrogens (tertiary/aromatic N) is 1. The van der Waals surface area contributed by atoms with E-state index in [2.05, 4.69) is 5.32 Å². The fourth-order valence-corrected chi connectivity index (χ4v) is 4.10. The van der Waals surface area contributed by atoms with Gasteiger partial charge in [0.25, 0.3) is 0 Å². The predicted molar refractivity (Wildman–Crippen MR) is 96.3 cm³/mol. The maximum atomic E-state index is 12.8. The molecular formula is C18H25ClF3N3. The van der Waals surface area contributed by atoms with E-state index < -0.39 is 12.1 Å². The molecule has 2 fully saturated rings. The summed E-state index contributed by atoms with van der Waals surface area (Å²) in [6.07, 6.45) is 0.308. The van der Waals surface area contributed by atoms with Crippen molar-refractivity contribution < 1.29 is 13.2 Å². The topological polar surface area (TPSA) is 41.3 Å². The number of nitrogens with two attached hydrogens (primary N) is 1. The molecule has 3 rings (SSSR count). The SMILES string of the molecule is NC1CCC(Nc2ccc(N3CCC(C(F)(F)F)CC3)c(Cl)c2)CC1. The van der Waals surface area contributed by atoms with Crippen LogP contribution in [0.3, 0.4) is 0 Å². The average molecular weight is 376 g/mol.